The van der Waals surface area contributed by atoms with Crippen molar-refractivity contribution in [1.82, 2.24) is 0 Å². The van der Waals surface area contributed by atoms with Crippen LogP contribution in [-0.4, -0.2) is 18.1 Å². The lowest BCUT2D eigenvalue weighted by Gasteiger charge is -2.14. The summed E-state index contributed by atoms with van der Waals surface area (Å²) in [5, 5.41) is 4.08. The van der Waals surface area contributed by atoms with Crippen molar-refractivity contribution in [2.75, 3.05) is 0 Å². The summed E-state index contributed by atoms with van der Waals surface area (Å²) in [6, 6.07) is 4.26. The molecule has 1 aliphatic heterocycles. The van der Waals surface area contributed by atoms with Gasteiger partial charge in [-0.05, 0) is 31.9 Å². The second-order valence-corrected chi connectivity index (χ2v) is 4.75. The van der Waals surface area contributed by atoms with Crippen LogP contribution in [-0.2, 0) is 9.63 Å². The third-order valence-corrected chi connectivity index (χ3v) is 3.26. The van der Waals surface area contributed by atoms with Gasteiger partial charge in [0.15, 0.2) is 12.4 Å². The predicted octanol–water partition coefficient (Wildman–Crippen LogP) is 2.55. The van der Waals surface area contributed by atoms with Gasteiger partial charge in [0.1, 0.15) is 0 Å². The van der Waals surface area contributed by atoms with Gasteiger partial charge in [-0.15, -0.1) is 0 Å². The first-order valence-corrected chi connectivity index (χ1v) is 5.81. The van der Waals surface area contributed by atoms with Gasteiger partial charge < -0.3 is 4.84 Å². The molecular weight excluding hydrogens is 214 g/mol. The van der Waals surface area contributed by atoms with Gasteiger partial charge in [-0.25, -0.2) is 0 Å². The lowest BCUT2D eigenvalue weighted by molar-refractivity contribution is -0.117. The van der Waals surface area contributed by atoms with E-state index in [4.69, 9.17) is 4.84 Å². The van der Waals surface area contributed by atoms with Crippen LogP contribution >= 0.6 is 0 Å². The molecule has 0 aliphatic carbocycles. The number of oxime groups is 1. The molecule has 90 valence electrons. The lowest BCUT2D eigenvalue weighted by atomic mass is 9.88. The molecule has 1 aliphatic rings. The maximum Gasteiger partial charge on any atom is 0.190 e. The van der Waals surface area contributed by atoms with E-state index in [-0.39, 0.29) is 5.92 Å². The normalized spacial score (nSPS) is 23.2. The molecule has 0 N–H and O–H groups in total. The number of hydrogen-bond donors (Lipinski definition) is 0. The molecule has 0 spiro atoms. The Bertz CT molecular complexity index is 468. The highest BCUT2D eigenvalue weighted by molar-refractivity contribution is 6.06. The highest BCUT2D eigenvalue weighted by Gasteiger charge is 2.32. The molecule has 0 radical (unpaired) electrons. The van der Waals surface area contributed by atoms with Crippen molar-refractivity contribution in [2.24, 2.45) is 11.1 Å². The van der Waals surface area contributed by atoms with E-state index in [2.05, 4.69) is 38.1 Å². The summed E-state index contributed by atoms with van der Waals surface area (Å²) in [6.45, 7) is 8.19. The Morgan fingerprint density at radius 3 is 2.29 bits per heavy atom. The van der Waals surface area contributed by atoms with Crippen LogP contribution in [0.1, 0.15) is 29.2 Å². The van der Waals surface area contributed by atoms with E-state index in [9.17, 15) is 4.79 Å². The maximum absolute atomic E-state index is 10.8. The number of rotatable bonds is 2. The van der Waals surface area contributed by atoms with Gasteiger partial charge in [-0.1, -0.05) is 29.8 Å². The summed E-state index contributed by atoms with van der Waals surface area (Å²) >= 11 is 0. The van der Waals surface area contributed by atoms with Crippen LogP contribution in [0.2, 0.25) is 0 Å². The molecule has 0 saturated carbocycles. The summed E-state index contributed by atoms with van der Waals surface area (Å²) < 4.78 is 0. The quantitative estimate of drug-likeness (QED) is 0.734. The van der Waals surface area contributed by atoms with E-state index >= 15 is 0 Å². The molecule has 0 amide bonds. The second-order valence-electron chi connectivity index (χ2n) is 4.75. The summed E-state index contributed by atoms with van der Waals surface area (Å²) in [4.78, 5) is 16.0. The van der Waals surface area contributed by atoms with Gasteiger partial charge in [0, 0.05) is 11.5 Å². The Morgan fingerprint density at radius 2 is 1.82 bits per heavy atom. The average Bonchev–Trinajstić information content (AvgIpc) is 2.59. The molecule has 3 nitrogen and oxygen atoms in total. The Morgan fingerprint density at radius 1 is 1.24 bits per heavy atom. The molecule has 0 unspecified atom stereocenters. The molecule has 0 saturated heterocycles. The second kappa shape index (κ2) is 4.32. The largest absolute Gasteiger partial charge is 0.384 e. The number of aldehydes is 1. The minimum Gasteiger partial charge on any atom is -0.384 e. The van der Waals surface area contributed by atoms with Crippen molar-refractivity contribution < 1.29 is 9.63 Å². The number of nitrogens with zero attached hydrogens (tertiary/aromatic N) is 1. The SMILES string of the molecule is Cc1cc(C)c(C2=NO[C@@H](C=O)[C@@H]2C)c(C)c1. The molecule has 2 rings (SSSR count). The zero-order valence-corrected chi connectivity index (χ0v) is 10.7. The fraction of sp³-hybridized carbons (Fsp3) is 0.429. The Kier molecular flexibility index (Phi) is 3.01. The van der Waals surface area contributed by atoms with Crippen LogP contribution in [0.25, 0.3) is 0 Å². The van der Waals surface area contributed by atoms with Crippen molar-refractivity contribution in [3.63, 3.8) is 0 Å². The van der Waals surface area contributed by atoms with E-state index in [1.807, 2.05) is 6.92 Å². The summed E-state index contributed by atoms with van der Waals surface area (Å²) in [7, 11) is 0. The third-order valence-electron chi connectivity index (χ3n) is 3.26. The summed E-state index contributed by atoms with van der Waals surface area (Å²) in [5.74, 6) is 0.0209. The molecule has 17 heavy (non-hydrogen) atoms. The van der Waals surface area contributed by atoms with Gasteiger partial charge >= 0.3 is 0 Å². The molecule has 2 atom stereocenters. The van der Waals surface area contributed by atoms with Crippen LogP contribution in [0.5, 0.6) is 0 Å². The van der Waals surface area contributed by atoms with Gasteiger partial charge in [0.05, 0.1) is 5.71 Å². The number of carbonyl (C=O) groups is 1. The van der Waals surface area contributed by atoms with Crippen LogP contribution in [0.15, 0.2) is 17.3 Å². The van der Waals surface area contributed by atoms with E-state index in [0.717, 1.165) is 17.6 Å². The number of carbonyl (C=O) groups excluding carboxylic acids is 1. The Balaban J connectivity index is 2.46. The molecule has 0 aromatic heterocycles. The van der Waals surface area contributed by atoms with Crippen LogP contribution in [0.4, 0.5) is 0 Å². The molecule has 0 bridgehead atoms. The fourth-order valence-electron chi connectivity index (χ4n) is 2.45. The first kappa shape index (κ1) is 11.8. The van der Waals surface area contributed by atoms with Crippen molar-refractivity contribution in [2.45, 2.75) is 33.8 Å². The monoisotopic (exact) mass is 231 g/mol. The molecule has 1 aromatic rings. The average molecular weight is 231 g/mol. The first-order valence-electron chi connectivity index (χ1n) is 5.81. The van der Waals surface area contributed by atoms with Crippen molar-refractivity contribution >= 4 is 12.0 Å². The zero-order valence-electron chi connectivity index (χ0n) is 10.7. The predicted molar refractivity (Wildman–Crippen MR) is 67.3 cm³/mol. The molecule has 1 aromatic carbocycles. The highest BCUT2D eigenvalue weighted by Crippen LogP contribution is 2.26. The topological polar surface area (TPSA) is 38.7 Å². The first-order chi connectivity index (χ1) is 8.04. The van der Waals surface area contributed by atoms with Gasteiger partial charge in [-0.3, -0.25) is 4.79 Å². The van der Waals surface area contributed by atoms with Gasteiger partial charge in [-0.2, -0.15) is 0 Å². The minimum atomic E-state index is -0.440. The van der Waals surface area contributed by atoms with E-state index in [0.29, 0.717) is 0 Å². The lowest BCUT2D eigenvalue weighted by Crippen LogP contribution is -2.23. The minimum absolute atomic E-state index is 0.0209. The van der Waals surface area contributed by atoms with Crippen molar-refractivity contribution in [1.29, 1.82) is 0 Å². The van der Waals surface area contributed by atoms with Gasteiger partial charge in [0.25, 0.3) is 0 Å². The smallest absolute Gasteiger partial charge is 0.190 e. The Labute approximate surface area is 101 Å². The number of aryl methyl sites for hydroxylation is 3. The standard InChI is InChI=1S/C14H17NO2/c1-8-5-9(2)13(10(3)6-8)14-11(4)12(7-16)17-15-14/h5-7,11-12H,1-4H3/t11-,12-/m0/s1. The zero-order chi connectivity index (χ0) is 12.6. The summed E-state index contributed by atoms with van der Waals surface area (Å²) in [6.07, 6.45) is 0.380. The summed E-state index contributed by atoms with van der Waals surface area (Å²) in [5.41, 5.74) is 5.61. The number of benzene rings is 1. The third kappa shape index (κ3) is 1.97. The van der Waals surface area contributed by atoms with Crippen LogP contribution in [0.3, 0.4) is 0 Å². The molecular formula is C14H17NO2. The molecule has 1 heterocycles. The molecule has 0 fully saturated rings. The number of hydrogen-bond acceptors (Lipinski definition) is 3. The molecule has 3 heteroatoms. The maximum atomic E-state index is 10.8. The van der Waals surface area contributed by atoms with E-state index in [1.54, 1.807) is 0 Å². The van der Waals surface area contributed by atoms with Crippen molar-refractivity contribution in [3.05, 3.63) is 34.4 Å². The Hall–Kier alpha value is -1.64. The van der Waals surface area contributed by atoms with E-state index in [1.165, 1.54) is 16.7 Å². The van der Waals surface area contributed by atoms with Crippen LogP contribution in [0, 0.1) is 26.7 Å². The fourth-order valence-corrected chi connectivity index (χ4v) is 2.45. The van der Waals surface area contributed by atoms with Crippen molar-refractivity contribution in [3.8, 4) is 0 Å². The van der Waals surface area contributed by atoms with Gasteiger partial charge in [0.2, 0.25) is 0 Å². The van der Waals surface area contributed by atoms with E-state index < -0.39 is 6.10 Å². The highest BCUT2D eigenvalue weighted by atomic mass is 16.6. The van der Waals surface area contributed by atoms with Crippen LogP contribution < -0.4 is 0 Å².